The zero-order valence-corrected chi connectivity index (χ0v) is 12.1. The number of ether oxygens (including phenoxy) is 1. The Bertz CT molecular complexity index is 643. The minimum absolute atomic E-state index is 0.302. The molecule has 3 N–H and O–H groups in total. The highest BCUT2D eigenvalue weighted by atomic mass is 16.5. The summed E-state index contributed by atoms with van der Waals surface area (Å²) in [7, 11) is 0. The van der Waals surface area contributed by atoms with E-state index in [0.29, 0.717) is 30.2 Å². The van der Waals surface area contributed by atoms with E-state index in [1.165, 1.54) is 6.20 Å². The molecule has 0 unspecified atom stereocenters. The summed E-state index contributed by atoms with van der Waals surface area (Å²) in [6.07, 6.45) is 5.00. The molecule has 0 bridgehead atoms. The van der Waals surface area contributed by atoms with Crippen LogP contribution >= 0.6 is 0 Å². The number of hydrogen-bond acceptors (Lipinski definition) is 6. The maximum Gasteiger partial charge on any atom is 0.340 e. The van der Waals surface area contributed by atoms with Crippen molar-refractivity contribution in [2.45, 2.75) is 20.4 Å². The Morgan fingerprint density at radius 2 is 2.24 bits per heavy atom. The first-order valence-electron chi connectivity index (χ1n) is 6.67. The molecule has 0 spiro atoms. The second kappa shape index (κ2) is 6.69. The Kier molecular flexibility index (Phi) is 4.71. The molecule has 0 atom stereocenters. The third kappa shape index (κ3) is 3.68. The van der Waals surface area contributed by atoms with Crippen LogP contribution in [0.5, 0.6) is 0 Å². The van der Waals surface area contributed by atoms with Gasteiger partial charge in [0.05, 0.1) is 24.1 Å². The van der Waals surface area contributed by atoms with Crippen molar-refractivity contribution >= 4 is 17.5 Å². The van der Waals surface area contributed by atoms with Crippen molar-refractivity contribution in [3.63, 3.8) is 0 Å². The van der Waals surface area contributed by atoms with E-state index in [4.69, 9.17) is 10.5 Å². The molecule has 0 fully saturated rings. The van der Waals surface area contributed by atoms with Crippen molar-refractivity contribution in [3.8, 4) is 0 Å². The van der Waals surface area contributed by atoms with Crippen molar-refractivity contribution < 1.29 is 9.53 Å². The van der Waals surface area contributed by atoms with Crippen molar-refractivity contribution in [2.24, 2.45) is 0 Å². The minimum atomic E-state index is -0.446. The fourth-order valence-corrected chi connectivity index (χ4v) is 1.82. The molecule has 2 heterocycles. The second-order valence-corrected chi connectivity index (χ2v) is 4.53. The Hall–Kier alpha value is -2.63. The zero-order valence-electron chi connectivity index (χ0n) is 12.1. The predicted octanol–water partition coefficient (Wildman–Crippen LogP) is 2.16. The average Bonchev–Trinajstić information content (AvgIpc) is 2.48. The number of pyridine rings is 2. The Labute approximate surface area is 123 Å². The fourth-order valence-electron chi connectivity index (χ4n) is 1.82. The number of aromatic nitrogens is 2. The Morgan fingerprint density at radius 1 is 1.43 bits per heavy atom. The van der Waals surface area contributed by atoms with E-state index >= 15 is 0 Å². The number of rotatable bonds is 5. The summed E-state index contributed by atoms with van der Waals surface area (Å²) in [5.41, 5.74) is 8.57. The molecule has 0 aliphatic carbocycles. The lowest BCUT2D eigenvalue weighted by atomic mass is 10.1. The van der Waals surface area contributed by atoms with Crippen LogP contribution < -0.4 is 11.1 Å². The van der Waals surface area contributed by atoms with Gasteiger partial charge >= 0.3 is 5.97 Å². The lowest BCUT2D eigenvalue weighted by Gasteiger charge is -2.10. The van der Waals surface area contributed by atoms with Gasteiger partial charge in [0.1, 0.15) is 5.82 Å². The first-order chi connectivity index (χ1) is 10.1. The number of hydrogen-bond donors (Lipinski definition) is 2. The zero-order chi connectivity index (χ0) is 15.2. The highest BCUT2D eigenvalue weighted by molar-refractivity contribution is 5.95. The number of nitrogens with one attached hydrogen (secondary N) is 1. The topological polar surface area (TPSA) is 90.1 Å². The van der Waals surface area contributed by atoms with Crippen LogP contribution in [-0.4, -0.2) is 22.5 Å². The summed E-state index contributed by atoms with van der Waals surface area (Å²) in [4.78, 5) is 20.0. The molecule has 2 aromatic heterocycles. The maximum atomic E-state index is 11.8. The first-order valence-corrected chi connectivity index (χ1v) is 6.67. The monoisotopic (exact) mass is 286 g/mol. The molecule has 2 aromatic rings. The van der Waals surface area contributed by atoms with Gasteiger partial charge in [0.2, 0.25) is 0 Å². The van der Waals surface area contributed by atoms with Gasteiger partial charge in [0.15, 0.2) is 0 Å². The molecule has 0 saturated carbocycles. The van der Waals surface area contributed by atoms with E-state index in [1.807, 2.05) is 13.0 Å². The third-order valence-electron chi connectivity index (χ3n) is 3.04. The number of nitrogens with two attached hydrogens (primary N) is 1. The minimum Gasteiger partial charge on any atom is -0.462 e. The number of nitrogen functional groups attached to an aromatic ring is 1. The summed E-state index contributed by atoms with van der Waals surface area (Å²) >= 11 is 0. The highest BCUT2D eigenvalue weighted by Crippen LogP contribution is 2.17. The van der Waals surface area contributed by atoms with Gasteiger partial charge in [-0.15, -0.1) is 0 Å². The van der Waals surface area contributed by atoms with E-state index in [1.54, 1.807) is 25.4 Å². The van der Waals surface area contributed by atoms with Crippen molar-refractivity contribution in [3.05, 3.63) is 47.4 Å². The van der Waals surface area contributed by atoms with E-state index in [-0.39, 0.29) is 0 Å². The first kappa shape index (κ1) is 14.8. The van der Waals surface area contributed by atoms with Gasteiger partial charge in [-0.1, -0.05) is 0 Å². The molecule has 0 aliphatic rings. The van der Waals surface area contributed by atoms with Gasteiger partial charge in [-0.3, -0.25) is 4.98 Å². The van der Waals surface area contributed by atoms with Gasteiger partial charge in [-0.05, 0) is 37.1 Å². The van der Waals surface area contributed by atoms with E-state index in [2.05, 4.69) is 15.3 Å². The van der Waals surface area contributed by atoms with E-state index in [9.17, 15) is 4.79 Å². The summed E-state index contributed by atoms with van der Waals surface area (Å²) < 4.78 is 4.96. The number of carbonyl (C=O) groups excluding carboxylic acids is 1. The molecule has 0 aromatic carbocycles. The van der Waals surface area contributed by atoms with Gasteiger partial charge in [-0.2, -0.15) is 0 Å². The largest absolute Gasteiger partial charge is 0.462 e. The molecule has 110 valence electrons. The second-order valence-electron chi connectivity index (χ2n) is 4.53. The lowest BCUT2D eigenvalue weighted by molar-refractivity contribution is 0.0527. The Balaban J connectivity index is 2.12. The van der Waals surface area contributed by atoms with E-state index in [0.717, 1.165) is 11.1 Å². The van der Waals surface area contributed by atoms with Gasteiger partial charge in [0.25, 0.3) is 0 Å². The SMILES string of the molecule is CCOC(=O)c1cc(NCc2cnccc2C)ncc1N. The van der Waals surface area contributed by atoms with Crippen LogP contribution in [0.25, 0.3) is 0 Å². The molecule has 6 heteroatoms. The van der Waals surface area contributed by atoms with Crippen molar-refractivity contribution in [1.82, 2.24) is 9.97 Å². The van der Waals surface area contributed by atoms with Crippen LogP contribution in [0.3, 0.4) is 0 Å². The molecule has 2 rings (SSSR count). The molecule has 0 amide bonds. The number of nitrogens with zero attached hydrogens (tertiary/aromatic N) is 2. The molecular formula is C15H18N4O2. The summed E-state index contributed by atoms with van der Waals surface area (Å²) in [5.74, 6) is 0.119. The summed E-state index contributed by atoms with van der Waals surface area (Å²) in [5, 5.41) is 3.15. The molecule has 0 aliphatic heterocycles. The summed E-state index contributed by atoms with van der Waals surface area (Å²) in [6.45, 7) is 4.63. The van der Waals surface area contributed by atoms with Crippen LogP contribution in [0.1, 0.15) is 28.4 Å². The van der Waals surface area contributed by atoms with Gasteiger partial charge in [-0.25, -0.2) is 9.78 Å². The quantitative estimate of drug-likeness (QED) is 0.819. The maximum absolute atomic E-state index is 11.8. The third-order valence-corrected chi connectivity index (χ3v) is 3.04. The smallest absolute Gasteiger partial charge is 0.340 e. The van der Waals surface area contributed by atoms with Crippen LogP contribution in [0, 0.1) is 6.92 Å². The molecule has 0 saturated heterocycles. The van der Waals surface area contributed by atoms with Gasteiger partial charge < -0.3 is 15.8 Å². The number of anilines is 2. The molecule has 21 heavy (non-hydrogen) atoms. The average molecular weight is 286 g/mol. The van der Waals surface area contributed by atoms with Crippen molar-refractivity contribution in [1.29, 1.82) is 0 Å². The molecule has 0 radical (unpaired) electrons. The predicted molar refractivity (Wildman–Crippen MR) is 80.9 cm³/mol. The van der Waals surface area contributed by atoms with Gasteiger partial charge in [0, 0.05) is 18.9 Å². The highest BCUT2D eigenvalue weighted by Gasteiger charge is 2.12. The van der Waals surface area contributed by atoms with Crippen LogP contribution in [0.15, 0.2) is 30.7 Å². The standard InChI is InChI=1S/C15H18N4O2/c1-3-21-15(20)12-6-14(19-9-13(12)16)18-8-11-7-17-5-4-10(11)2/h4-7,9H,3,8,16H2,1-2H3,(H,18,19). The van der Waals surface area contributed by atoms with Crippen LogP contribution in [0.2, 0.25) is 0 Å². The van der Waals surface area contributed by atoms with Crippen LogP contribution in [-0.2, 0) is 11.3 Å². The van der Waals surface area contributed by atoms with E-state index < -0.39 is 5.97 Å². The molecule has 6 nitrogen and oxygen atoms in total. The number of aryl methyl sites for hydroxylation is 1. The van der Waals surface area contributed by atoms with Crippen molar-refractivity contribution in [2.75, 3.05) is 17.7 Å². The van der Waals surface area contributed by atoms with Crippen LogP contribution in [0.4, 0.5) is 11.5 Å². The Morgan fingerprint density at radius 3 is 2.95 bits per heavy atom. The number of esters is 1. The lowest BCUT2D eigenvalue weighted by Crippen LogP contribution is -2.10. The fraction of sp³-hybridized carbons (Fsp3) is 0.267. The summed E-state index contributed by atoms with van der Waals surface area (Å²) in [6, 6.07) is 3.54. The molecular weight excluding hydrogens is 268 g/mol. The normalized spacial score (nSPS) is 10.2. The number of carbonyl (C=O) groups is 1.